The number of aromatic nitrogens is 1. The lowest BCUT2D eigenvalue weighted by Crippen LogP contribution is -2.43. The number of benzene rings is 1. The van der Waals surface area contributed by atoms with Crippen LogP contribution in [0.25, 0.3) is 11.3 Å². The minimum atomic E-state index is -0.573. The molecule has 0 unspecified atom stereocenters. The molecule has 0 bridgehead atoms. The zero-order chi connectivity index (χ0) is 20.5. The van der Waals surface area contributed by atoms with E-state index in [9.17, 15) is 9.18 Å². The first-order valence-corrected chi connectivity index (χ1v) is 10.2. The lowest BCUT2D eigenvalue weighted by atomic mass is 10.1. The van der Waals surface area contributed by atoms with E-state index in [4.69, 9.17) is 16.3 Å². The molecule has 1 aliphatic rings. The van der Waals surface area contributed by atoms with Crippen molar-refractivity contribution in [2.75, 3.05) is 11.9 Å². The molecule has 0 spiro atoms. The molecule has 2 aromatic rings. The Balaban J connectivity index is 1.91. The first-order chi connectivity index (χ1) is 13.2. The number of hydrogen-bond donors (Lipinski definition) is 1. The summed E-state index contributed by atoms with van der Waals surface area (Å²) < 4.78 is 20.5. The highest BCUT2D eigenvalue weighted by Gasteiger charge is 2.33. The number of rotatable bonds is 3. The van der Waals surface area contributed by atoms with Crippen LogP contribution in [0.4, 0.5) is 14.9 Å². The van der Waals surface area contributed by atoms with Gasteiger partial charge in [0.1, 0.15) is 17.6 Å². The first-order valence-electron chi connectivity index (χ1n) is 9.02. The van der Waals surface area contributed by atoms with E-state index in [-0.39, 0.29) is 17.3 Å². The largest absolute Gasteiger partial charge is 0.444 e. The quantitative estimate of drug-likeness (QED) is 0.591. The Morgan fingerprint density at radius 2 is 2.11 bits per heavy atom. The number of nitrogens with one attached hydrogen (secondary N) is 1. The molecule has 5 nitrogen and oxygen atoms in total. The Labute approximate surface area is 177 Å². The number of ether oxygens (including phenoxy) is 1. The number of anilines is 1. The number of likely N-dealkylation sites (tertiary alicyclic amines) is 1. The Morgan fingerprint density at radius 3 is 2.75 bits per heavy atom. The molecule has 0 saturated carbocycles. The molecule has 1 aliphatic heterocycles. The Bertz CT molecular complexity index is 871. The molecular formula is C20H22BrClFN3O2. The van der Waals surface area contributed by atoms with Crippen molar-refractivity contribution in [2.45, 2.75) is 45.4 Å². The fourth-order valence-electron chi connectivity index (χ4n) is 3.08. The van der Waals surface area contributed by atoms with Crippen LogP contribution in [0, 0.1) is 5.82 Å². The molecule has 1 saturated heterocycles. The van der Waals surface area contributed by atoms with Crippen molar-refractivity contribution in [3.05, 3.63) is 45.8 Å². The van der Waals surface area contributed by atoms with Crippen LogP contribution in [0.15, 0.2) is 34.9 Å². The second kappa shape index (κ2) is 8.25. The Kier molecular flexibility index (Phi) is 6.15. The second-order valence-corrected chi connectivity index (χ2v) is 8.92. The average molecular weight is 471 g/mol. The van der Waals surface area contributed by atoms with Crippen LogP contribution in [0.5, 0.6) is 0 Å². The van der Waals surface area contributed by atoms with Gasteiger partial charge in [-0.2, -0.15) is 0 Å². The lowest BCUT2D eigenvalue weighted by Gasteiger charge is -2.30. The molecule has 3 rings (SSSR count). The number of carbonyl (C=O) groups excluding carboxylic acids is 1. The maximum absolute atomic E-state index is 14.1. The number of halogens is 3. The minimum absolute atomic E-state index is 0.0124. The first kappa shape index (κ1) is 20.9. The highest BCUT2D eigenvalue weighted by molar-refractivity contribution is 9.10. The molecule has 2 heterocycles. The highest BCUT2D eigenvalue weighted by Crippen LogP contribution is 2.37. The predicted octanol–water partition coefficient (Wildman–Crippen LogP) is 6.07. The van der Waals surface area contributed by atoms with E-state index < -0.39 is 11.4 Å². The maximum Gasteiger partial charge on any atom is 0.411 e. The zero-order valence-electron chi connectivity index (χ0n) is 15.9. The van der Waals surface area contributed by atoms with Gasteiger partial charge in [-0.25, -0.2) is 9.18 Å². The van der Waals surface area contributed by atoms with E-state index in [0.717, 1.165) is 17.3 Å². The van der Waals surface area contributed by atoms with E-state index in [1.54, 1.807) is 23.2 Å². The SMILES string of the molecule is CC(C)(C)OC(=O)N1CCC[C@H]1Nc1ccc(F)c(Cl)c1-c1ccc(Br)cn1. The van der Waals surface area contributed by atoms with Gasteiger partial charge in [-0.1, -0.05) is 11.6 Å². The number of nitrogens with zero attached hydrogens (tertiary/aromatic N) is 2. The van der Waals surface area contributed by atoms with Gasteiger partial charge in [-0.05, 0) is 73.8 Å². The van der Waals surface area contributed by atoms with E-state index in [0.29, 0.717) is 23.5 Å². The van der Waals surface area contributed by atoms with Gasteiger partial charge < -0.3 is 10.1 Å². The third-order valence-corrected chi connectivity index (χ3v) is 5.12. The van der Waals surface area contributed by atoms with Gasteiger partial charge in [0.15, 0.2) is 0 Å². The summed E-state index contributed by atoms with van der Waals surface area (Å²) in [6, 6.07) is 6.50. The van der Waals surface area contributed by atoms with Gasteiger partial charge >= 0.3 is 6.09 Å². The summed E-state index contributed by atoms with van der Waals surface area (Å²) in [4.78, 5) is 18.5. The summed E-state index contributed by atoms with van der Waals surface area (Å²) in [6.07, 6.45) is 2.58. The summed E-state index contributed by atoms with van der Waals surface area (Å²) >= 11 is 9.62. The van der Waals surface area contributed by atoms with Crippen LogP contribution in [-0.4, -0.2) is 34.3 Å². The predicted molar refractivity (Wildman–Crippen MR) is 112 cm³/mol. The second-order valence-electron chi connectivity index (χ2n) is 7.62. The molecule has 1 aromatic heterocycles. The molecule has 0 aliphatic carbocycles. The maximum atomic E-state index is 14.1. The number of amides is 1. The average Bonchev–Trinajstić information content (AvgIpc) is 3.06. The summed E-state index contributed by atoms with van der Waals surface area (Å²) in [7, 11) is 0. The monoisotopic (exact) mass is 469 g/mol. The zero-order valence-corrected chi connectivity index (χ0v) is 18.3. The van der Waals surface area contributed by atoms with Crippen LogP contribution in [0.2, 0.25) is 5.02 Å². The molecule has 150 valence electrons. The van der Waals surface area contributed by atoms with Gasteiger partial charge in [0.2, 0.25) is 0 Å². The molecule has 1 amide bonds. The fraction of sp³-hybridized carbons (Fsp3) is 0.400. The molecule has 1 atom stereocenters. The van der Waals surface area contributed by atoms with Gasteiger partial charge in [0, 0.05) is 28.5 Å². The summed E-state index contributed by atoms with van der Waals surface area (Å²) in [5.41, 5.74) is 1.04. The molecule has 8 heteroatoms. The summed E-state index contributed by atoms with van der Waals surface area (Å²) in [5, 5.41) is 3.32. The van der Waals surface area contributed by atoms with Crippen molar-refractivity contribution in [1.29, 1.82) is 0 Å². The number of carbonyl (C=O) groups is 1. The molecular weight excluding hydrogens is 449 g/mol. The van der Waals surface area contributed by atoms with Crippen LogP contribution >= 0.6 is 27.5 Å². The van der Waals surface area contributed by atoms with Crippen molar-refractivity contribution in [3.8, 4) is 11.3 Å². The molecule has 1 aromatic carbocycles. The van der Waals surface area contributed by atoms with E-state index in [1.165, 1.54) is 6.07 Å². The van der Waals surface area contributed by atoms with Crippen molar-refractivity contribution < 1.29 is 13.9 Å². The topological polar surface area (TPSA) is 54.5 Å². The standard InChI is InChI=1S/C20H22BrClFN3O2/c1-20(2,3)28-19(27)26-10-4-5-16(26)25-15-9-7-13(23)18(22)17(15)14-8-6-12(21)11-24-14/h6-9,11,16,25H,4-5,10H2,1-3H3/t16-/m0/s1. The van der Waals surface area contributed by atoms with Crippen molar-refractivity contribution in [2.24, 2.45) is 0 Å². The van der Waals surface area contributed by atoms with Crippen LogP contribution in [0.3, 0.4) is 0 Å². The Morgan fingerprint density at radius 1 is 1.36 bits per heavy atom. The molecule has 1 fully saturated rings. The van der Waals surface area contributed by atoms with E-state index in [1.807, 2.05) is 26.8 Å². The fourth-order valence-corrected chi connectivity index (χ4v) is 3.58. The van der Waals surface area contributed by atoms with Crippen LogP contribution in [-0.2, 0) is 4.74 Å². The molecule has 0 radical (unpaired) electrons. The van der Waals surface area contributed by atoms with Gasteiger partial charge in [-0.15, -0.1) is 0 Å². The highest BCUT2D eigenvalue weighted by atomic mass is 79.9. The summed E-state index contributed by atoms with van der Waals surface area (Å²) in [6.45, 7) is 6.09. The minimum Gasteiger partial charge on any atom is -0.444 e. The third-order valence-electron chi connectivity index (χ3n) is 4.28. The van der Waals surface area contributed by atoms with Crippen LogP contribution < -0.4 is 5.32 Å². The van der Waals surface area contributed by atoms with Gasteiger partial charge in [0.05, 0.1) is 10.7 Å². The van der Waals surface area contributed by atoms with Gasteiger partial charge in [0.25, 0.3) is 0 Å². The van der Waals surface area contributed by atoms with Crippen molar-refractivity contribution in [1.82, 2.24) is 9.88 Å². The molecule has 28 heavy (non-hydrogen) atoms. The van der Waals surface area contributed by atoms with Crippen molar-refractivity contribution in [3.63, 3.8) is 0 Å². The molecule has 1 N–H and O–H groups in total. The van der Waals surface area contributed by atoms with E-state index >= 15 is 0 Å². The van der Waals surface area contributed by atoms with E-state index in [2.05, 4.69) is 26.2 Å². The summed E-state index contributed by atoms with van der Waals surface area (Å²) in [5.74, 6) is -0.526. The Hall–Kier alpha value is -1.86. The van der Waals surface area contributed by atoms with Gasteiger partial charge in [-0.3, -0.25) is 9.88 Å². The van der Waals surface area contributed by atoms with Crippen LogP contribution in [0.1, 0.15) is 33.6 Å². The smallest absolute Gasteiger partial charge is 0.411 e. The number of pyridine rings is 1. The lowest BCUT2D eigenvalue weighted by molar-refractivity contribution is 0.0244. The normalized spacial score (nSPS) is 16.9. The van der Waals surface area contributed by atoms with Crippen molar-refractivity contribution >= 4 is 39.3 Å². The third kappa shape index (κ3) is 4.75. The number of hydrogen-bond acceptors (Lipinski definition) is 4.